The highest BCUT2D eigenvalue weighted by molar-refractivity contribution is 6.35. The summed E-state index contributed by atoms with van der Waals surface area (Å²) in [7, 11) is 0. The summed E-state index contributed by atoms with van der Waals surface area (Å²) in [4.78, 5) is 4.43. The molecule has 1 atom stereocenters. The third kappa shape index (κ3) is 2.97. The number of fused-ring (bicyclic) bond motifs is 1. The summed E-state index contributed by atoms with van der Waals surface area (Å²) in [6.45, 7) is 2.09. The molecule has 0 aliphatic heterocycles. The number of hydrogen-bond donors (Lipinski definition) is 1. The summed E-state index contributed by atoms with van der Waals surface area (Å²) in [5, 5.41) is 5.87. The van der Waals surface area contributed by atoms with Crippen LogP contribution in [-0.2, 0) is 0 Å². The molecule has 0 aliphatic carbocycles. The Morgan fingerprint density at radius 2 is 1.90 bits per heavy atom. The number of benzene rings is 2. The van der Waals surface area contributed by atoms with Gasteiger partial charge in [-0.3, -0.25) is 4.98 Å². The van der Waals surface area contributed by atoms with Gasteiger partial charge in [0.2, 0.25) is 0 Å². The van der Waals surface area contributed by atoms with Gasteiger partial charge in [-0.1, -0.05) is 35.3 Å². The summed E-state index contributed by atoms with van der Waals surface area (Å²) in [5.74, 6) is 0. The van der Waals surface area contributed by atoms with Gasteiger partial charge < -0.3 is 5.32 Å². The van der Waals surface area contributed by atoms with Crippen LogP contribution in [0.3, 0.4) is 0 Å². The number of aromatic nitrogens is 1. The lowest BCUT2D eigenvalue weighted by Gasteiger charge is -2.17. The van der Waals surface area contributed by atoms with Crippen molar-refractivity contribution in [2.24, 2.45) is 0 Å². The molecule has 3 aromatic rings. The molecule has 0 fully saturated rings. The fourth-order valence-corrected chi connectivity index (χ4v) is 2.76. The second kappa shape index (κ2) is 5.92. The van der Waals surface area contributed by atoms with Crippen molar-refractivity contribution in [3.63, 3.8) is 0 Å². The molecule has 3 rings (SSSR count). The zero-order valence-electron chi connectivity index (χ0n) is 11.5. The number of anilines is 1. The van der Waals surface area contributed by atoms with Crippen LogP contribution in [0.5, 0.6) is 0 Å². The van der Waals surface area contributed by atoms with Gasteiger partial charge in [0.05, 0.1) is 16.2 Å². The smallest absolute Gasteiger partial charge is 0.0948 e. The standard InChI is InChI=1S/C17H14Cl2N2/c1-11(12-4-2-5-13(18)10-12)21-16-8-7-15(19)14-6-3-9-20-17(14)16/h2-11,21H,1H3. The molecule has 0 spiro atoms. The Morgan fingerprint density at radius 3 is 2.71 bits per heavy atom. The molecule has 0 aliphatic rings. The highest BCUT2D eigenvalue weighted by atomic mass is 35.5. The van der Waals surface area contributed by atoms with Crippen molar-refractivity contribution >= 4 is 39.8 Å². The largest absolute Gasteiger partial charge is 0.377 e. The van der Waals surface area contributed by atoms with E-state index >= 15 is 0 Å². The maximum Gasteiger partial charge on any atom is 0.0948 e. The van der Waals surface area contributed by atoms with E-state index < -0.39 is 0 Å². The number of nitrogens with zero attached hydrogens (tertiary/aromatic N) is 1. The van der Waals surface area contributed by atoms with E-state index in [0.29, 0.717) is 5.02 Å². The number of nitrogens with one attached hydrogen (secondary N) is 1. The predicted octanol–water partition coefficient (Wildman–Crippen LogP) is 5.71. The molecule has 1 N–H and O–H groups in total. The second-order valence-electron chi connectivity index (χ2n) is 4.92. The summed E-state index contributed by atoms with van der Waals surface area (Å²) >= 11 is 12.3. The average molecular weight is 317 g/mol. The summed E-state index contributed by atoms with van der Waals surface area (Å²) in [6, 6.07) is 15.7. The second-order valence-corrected chi connectivity index (χ2v) is 5.76. The molecular weight excluding hydrogens is 303 g/mol. The first kappa shape index (κ1) is 14.2. The van der Waals surface area contributed by atoms with Crippen molar-refractivity contribution in [3.05, 3.63) is 70.3 Å². The van der Waals surface area contributed by atoms with E-state index in [1.807, 2.05) is 42.5 Å². The Hall–Kier alpha value is -1.77. The summed E-state index contributed by atoms with van der Waals surface area (Å²) in [5.41, 5.74) is 2.96. The lowest BCUT2D eigenvalue weighted by Crippen LogP contribution is -2.07. The van der Waals surface area contributed by atoms with E-state index in [0.717, 1.165) is 27.2 Å². The molecule has 1 unspecified atom stereocenters. The first-order chi connectivity index (χ1) is 10.1. The molecule has 0 saturated carbocycles. The van der Waals surface area contributed by atoms with Crippen molar-refractivity contribution in [1.29, 1.82) is 0 Å². The topological polar surface area (TPSA) is 24.9 Å². The SMILES string of the molecule is CC(Nc1ccc(Cl)c2cccnc12)c1cccc(Cl)c1. The third-order valence-electron chi connectivity index (χ3n) is 3.44. The first-order valence-corrected chi connectivity index (χ1v) is 7.46. The van der Waals surface area contributed by atoms with E-state index in [-0.39, 0.29) is 6.04 Å². The van der Waals surface area contributed by atoms with E-state index in [2.05, 4.69) is 23.3 Å². The molecule has 106 valence electrons. The fourth-order valence-electron chi connectivity index (χ4n) is 2.35. The molecule has 2 aromatic carbocycles. The van der Waals surface area contributed by atoms with E-state index in [1.54, 1.807) is 6.20 Å². The van der Waals surface area contributed by atoms with Crippen LogP contribution in [-0.4, -0.2) is 4.98 Å². The van der Waals surface area contributed by atoms with Crippen molar-refractivity contribution in [1.82, 2.24) is 4.98 Å². The minimum Gasteiger partial charge on any atom is -0.377 e. The number of pyridine rings is 1. The highest BCUT2D eigenvalue weighted by Crippen LogP contribution is 2.30. The van der Waals surface area contributed by atoms with Crippen LogP contribution < -0.4 is 5.32 Å². The Labute approximate surface area is 133 Å². The number of halogens is 2. The molecule has 2 nitrogen and oxygen atoms in total. The lowest BCUT2D eigenvalue weighted by molar-refractivity contribution is 0.886. The molecule has 0 saturated heterocycles. The van der Waals surface area contributed by atoms with E-state index in [4.69, 9.17) is 23.2 Å². The number of rotatable bonds is 3. The Bertz CT molecular complexity index is 787. The molecule has 21 heavy (non-hydrogen) atoms. The minimum absolute atomic E-state index is 0.120. The molecule has 0 bridgehead atoms. The van der Waals surface area contributed by atoms with Crippen LogP contribution in [0.15, 0.2) is 54.7 Å². The molecule has 1 aromatic heterocycles. The van der Waals surface area contributed by atoms with Crippen molar-refractivity contribution < 1.29 is 0 Å². The van der Waals surface area contributed by atoms with Gasteiger partial charge in [0, 0.05) is 22.6 Å². The summed E-state index contributed by atoms with van der Waals surface area (Å²) in [6.07, 6.45) is 1.77. The van der Waals surface area contributed by atoms with Gasteiger partial charge in [-0.15, -0.1) is 0 Å². The quantitative estimate of drug-likeness (QED) is 0.669. The van der Waals surface area contributed by atoms with Crippen molar-refractivity contribution in [3.8, 4) is 0 Å². The average Bonchev–Trinajstić information content (AvgIpc) is 2.50. The van der Waals surface area contributed by atoms with Gasteiger partial charge in [0.1, 0.15) is 0 Å². The third-order valence-corrected chi connectivity index (χ3v) is 4.00. The maximum absolute atomic E-state index is 6.22. The zero-order valence-corrected chi connectivity index (χ0v) is 13.0. The minimum atomic E-state index is 0.120. The summed E-state index contributed by atoms with van der Waals surface area (Å²) < 4.78 is 0. The maximum atomic E-state index is 6.22. The van der Waals surface area contributed by atoms with Crippen LogP contribution in [0.2, 0.25) is 10.0 Å². The Balaban J connectivity index is 1.97. The van der Waals surface area contributed by atoms with Gasteiger partial charge in [0.25, 0.3) is 0 Å². The fraction of sp³-hybridized carbons (Fsp3) is 0.118. The molecule has 4 heteroatoms. The van der Waals surface area contributed by atoms with Gasteiger partial charge in [-0.2, -0.15) is 0 Å². The number of hydrogen-bond acceptors (Lipinski definition) is 2. The van der Waals surface area contributed by atoms with E-state index in [1.165, 1.54) is 0 Å². The normalized spacial score (nSPS) is 12.3. The van der Waals surface area contributed by atoms with E-state index in [9.17, 15) is 0 Å². The predicted molar refractivity (Wildman–Crippen MR) is 90.2 cm³/mol. The molecule has 1 heterocycles. The van der Waals surface area contributed by atoms with Crippen LogP contribution >= 0.6 is 23.2 Å². The lowest BCUT2D eigenvalue weighted by atomic mass is 10.1. The van der Waals surface area contributed by atoms with Gasteiger partial charge >= 0.3 is 0 Å². The monoisotopic (exact) mass is 316 g/mol. The van der Waals surface area contributed by atoms with Crippen LogP contribution in [0.4, 0.5) is 5.69 Å². The van der Waals surface area contributed by atoms with Crippen LogP contribution in [0.25, 0.3) is 10.9 Å². The first-order valence-electron chi connectivity index (χ1n) is 6.70. The highest BCUT2D eigenvalue weighted by Gasteiger charge is 2.10. The van der Waals surface area contributed by atoms with Gasteiger partial charge in [-0.25, -0.2) is 0 Å². The Morgan fingerprint density at radius 1 is 1.05 bits per heavy atom. The van der Waals surface area contributed by atoms with Gasteiger partial charge in [0.15, 0.2) is 0 Å². The zero-order chi connectivity index (χ0) is 14.8. The van der Waals surface area contributed by atoms with Crippen LogP contribution in [0, 0.1) is 0 Å². The Kier molecular flexibility index (Phi) is 4.00. The molecular formula is C17H14Cl2N2. The molecule has 0 radical (unpaired) electrons. The van der Waals surface area contributed by atoms with Crippen molar-refractivity contribution in [2.75, 3.05) is 5.32 Å². The molecule has 0 amide bonds. The van der Waals surface area contributed by atoms with Crippen LogP contribution in [0.1, 0.15) is 18.5 Å². The van der Waals surface area contributed by atoms with Crippen molar-refractivity contribution in [2.45, 2.75) is 13.0 Å². The van der Waals surface area contributed by atoms with Gasteiger partial charge in [-0.05, 0) is 48.9 Å².